The Labute approximate surface area is 183 Å². The molecule has 1 aromatic heterocycles. The molecular formula is C22H23NO7S. The van der Waals surface area contributed by atoms with Gasteiger partial charge in [-0.3, -0.25) is 9.59 Å². The van der Waals surface area contributed by atoms with Crippen molar-refractivity contribution in [2.45, 2.75) is 32.6 Å². The molecule has 1 aliphatic carbocycles. The van der Waals surface area contributed by atoms with Gasteiger partial charge in [0.1, 0.15) is 10.8 Å². The first kappa shape index (κ1) is 22.5. The molecule has 1 heterocycles. The van der Waals surface area contributed by atoms with Gasteiger partial charge >= 0.3 is 11.9 Å². The highest BCUT2D eigenvalue weighted by Crippen LogP contribution is 2.38. The summed E-state index contributed by atoms with van der Waals surface area (Å²) in [4.78, 5) is 48.7. The predicted octanol–water partition coefficient (Wildman–Crippen LogP) is 3.18. The van der Waals surface area contributed by atoms with Gasteiger partial charge in [0.15, 0.2) is 19.5 Å². The van der Waals surface area contributed by atoms with Gasteiger partial charge in [-0.25, -0.2) is 9.59 Å². The van der Waals surface area contributed by atoms with Gasteiger partial charge in [-0.2, -0.15) is 0 Å². The predicted molar refractivity (Wildman–Crippen MR) is 114 cm³/mol. The Bertz CT molecular complexity index is 982. The van der Waals surface area contributed by atoms with E-state index >= 15 is 0 Å². The van der Waals surface area contributed by atoms with Crippen LogP contribution in [0.1, 0.15) is 50.9 Å². The number of aldehydes is 1. The summed E-state index contributed by atoms with van der Waals surface area (Å²) in [7, 11) is 0. The fourth-order valence-corrected chi connectivity index (χ4v) is 4.56. The first-order chi connectivity index (χ1) is 15.0. The van der Waals surface area contributed by atoms with Crippen molar-refractivity contribution in [2.75, 3.05) is 25.1 Å². The van der Waals surface area contributed by atoms with Crippen molar-refractivity contribution in [3.63, 3.8) is 0 Å². The summed E-state index contributed by atoms with van der Waals surface area (Å²) in [5.74, 6) is -1.53. The lowest BCUT2D eigenvalue weighted by Gasteiger charge is -2.12. The van der Waals surface area contributed by atoms with E-state index in [1.165, 1.54) is 11.3 Å². The number of nitrogens with one attached hydrogen (secondary N) is 1. The molecule has 0 atom stereocenters. The van der Waals surface area contributed by atoms with Crippen molar-refractivity contribution in [1.29, 1.82) is 0 Å². The summed E-state index contributed by atoms with van der Waals surface area (Å²) in [5, 5.41) is 3.09. The number of para-hydroxylation sites is 1. The normalized spacial score (nSPS) is 12.4. The number of hydrogen-bond acceptors (Lipinski definition) is 8. The highest BCUT2D eigenvalue weighted by molar-refractivity contribution is 7.17. The van der Waals surface area contributed by atoms with Crippen LogP contribution in [-0.2, 0) is 31.9 Å². The molecule has 9 heteroatoms. The Morgan fingerprint density at radius 2 is 1.87 bits per heavy atom. The van der Waals surface area contributed by atoms with E-state index in [2.05, 4.69) is 5.32 Å². The Kier molecular flexibility index (Phi) is 7.77. The first-order valence-electron chi connectivity index (χ1n) is 9.97. The fraction of sp³-hybridized carbons (Fsp3) is 0.364. The summed E-state index contributed by atoms with van der Waals surface area (Å²) in [6.07, 6.45) is 4.26. The third-order valence-corrected chi connectivity index (χ3v) is 5.87. The molecular weight excluding hydrogens is 422 g/mol. The SMILES string of the molecule is CCOC(=O)c1c(NC(=O)COC(=O)COc2ccccc2C=O)sc2c1CCCC2. The second kappa shape index (κ2) is 10.7. The summed E-state index contributed by atoms with van der Waals surface area (Å²) < 4.78 is 15.4. The smallest absolute Gasteiger partial charge is 0.344 e. The van der Waals surface area contributed by atoms with Crippen LogP contribution in [0.15, 0.2) is 24.3 Å². The Morgan fingerprint density at radius 3 is 2.65 bits per heavy atom. The highest BCUT2D eigenvalue weighted by Gasteiger charge is 2.27. The number of anilines is 1. The molecule has 0 radical (unpaired) electrons. The van der Waals surface area contributed by atoms with Gasteiger partial charge in [0.25, 0.3) is 5.91 Å². The number of ether oxygens (including phenoxy) is 3. The lowest BCUT2D eigenvalue weighted by atomic mass is 9.95. The molecule has 8 nitrogen and oxygen atoms in total. The van der Waals surface area contributed by atoms with E-state index in [0.717, 1.165) is 36.1 Å². The molecule has 3 rings (SSSR count). The van der Waals surface area contributed by atoms with Crippen LogP contribution in [0.3, 0.4) is 0 Å². The molecule has 1 N–H and O–H groups in total. The van der Waals surface area contributed by atoms with E-state index < -0.39 is 31.1 Å². The average molecular weight is 445 g/mol. The van der Waals surface area contributed by atoms with Crippen molar-refractivity contribution >= 4 is 40.5 Å². The van der Waals surface area contributed by atoms with Crippen LogP contribution >= 0.6 is 11.3 Å². The largest absolute Gasteiger partial charge is 0.481 e. The summed E-state index contributed by atoms with van der Waals surface area (Å²) >= 11 is 1.36. The van der Waals surface area contributed by atoms with Crippen LogP contribution in [-0.4, -0.2) is 44.0 Å². The molecule has 0 unspecified atom stereocenters. The summed E-state index contributed by atoms with van der Waals surface area (Å²) in [6.45, 7) is 0.994. The number of thiophene rings is 1. The van der Waals surface area contributed by atoms with Crippen LogP contribution in [0.4, 0.5) is 5.00 Å². The zero-order valence-corrected chi connectivity index (χ0v) is 17.9. The van der Waals surface area contributed by atoms with Gasteiger partial charge in [0.05, 0.1) is 17.7 Å². The van der Waals surface area contributed by atoms with Crippen LogP contribution in [0, 0.1) is 0 Å². The standard InChI is InChI=1S/C22H23NO7S/c1-2-28-22(27)20-15-8-4-6-10-17(15)31-21(20)23-18(25)12-30-19(26)13-29-16-9-5-3-7-14(16)11-24/h3,5,7,9,11H,2,4,6,8,10,12-13H2,1H3,(H,23,25). The number of amides is 1. The van der Waals surface area contributed by atoms with E-state index in [-0.39, 0.29) is 12.4 Å². The number of esters is 2. The van der Waals surface area contributed by atoms with Crippen LogP contribution in [0.2, 0.25) is 0 Å². The van der Waals surface area contributed by atoms with Gasteiger partial charge in [-0.1, -0.05) is 12.1 Å². The second-order valence-corrected chi connectivity index (χ2v) is 7.89. The zero-order chi connectivity index (χ0) is 22.2. The van der Waals surface area contributed by atoms with Gasteiger partial charge in [0, 0.05) is 4.88 Å². The number of carbonyl (C=O) groups is 4. The fourth-order valence-electron chi connectivity index (χ4n) is 3.27. The first-order valence-corrected chi connectivity index (χ1v) is 10.8. The van der Waals surface area contributed by atoms with Crippen molar-refractivity contribution in [3.8, 4) is 5.75 Å². The molecule has 0 spiro atoms. The van der Waals surface area contributed by atoms with Crippen LogP contribution in [0.5, 0.6) is 5.75 Å². The van der Waals surface area contributed by atoms with E-state index in [9.17, 15) is 19.2 Å². The topological polar surface area (TPSA) is 108 Å². The maximum Gasteiger partial charge on any atom is 0.344 e. The quantitative estimate of drug-likeness (QED) is 0.466. The van der Waals surface area contributed by atoms with E-state index in [0.29, 0.717) is 22.4 Å². The van der Waals surface area contributed by atoms with Gasteiger partial charge in [-0.15, -0.1) is 11.3 Å². The van der Waals surface area contributed by atoms with Gasteiger partial charge < -0.3 is 19.5 Å². The molecule has 0 saturated carbocycles. The molecule has 1 aliphatic rings. The lowest BCUT2D eigenvalue weighted by Crippen LogP contribution is -2.24. The molecule has 164 valence electrons. The number of carbonyl (C=O) groups excluding carboxylic acids is 4. The Balaban J connectivity index is 1.57. The monoisotopic (exact) mass is 445 g/mol. The Morgan fingerprint density at radius 1 is 1.10 bits per heavy atom. The van der Waals surface area contributed by atoms with Gasteiger partial charge in [-0.05, 0) is 50.3 Å². The summed E-state index contributed by atoms with van der Waals surface area (Å²) in [5.41, 5.74) is 1.64. The minimum atomic E-state index is -0.757. The second-order valence-electron chi connectivity index (χ2n) is 6.79. The number of hydrogen-bond donors (Lipinski definition) is 1. The van der Waals surface area contributed by atoms with E-state index in [1.807, 2.05) is 0 Å². The minimum absolute atomic E-state index is 0.238. The summed E-state index contributed by atoms with van der Waals surface area (Å²) in [6, 6.07) is 6.46. The molecule has 1 amide bonds. The molecule has 31 heavy (non-hydrogen) atoms. The molecule has 0 bridgehead atoms. The molecule has 2 aromatic rings. The lowest BCUT2D eigenvalue weighted by molar-refractivity contribution is -0.149. The van der Waals surface area contributed by atoms with Crippen molar-refractivity contribution in [1.82, 2.24) is 0 Å². The number of benzene rings is 1. The van der Waals surface area contributed by atoms with Crippen LogP contribution < -0.4 is 10.1 Å². The third-order valence-electron chi connectivity index (χ3n) is 4.66. The highest BCUT2D eigenvalue weighted by atomic mass is 32.1. The van der Waals surface area contributed by atoms with E-state index in [1.54, 1.807) is 31.2 Å². The van der Waals surface area contributed by atoms with Gasteiger partial charge in [0.2, 0.25) is 0 Å². The number of aryl methyl sites for hydroxylation is 1. The number of rotatable bonds is 9. The Hall–Kier alpha value is -3.20. The zero-order valence-electron chi connectivity index (χ0n) is 17.1. The third kappa shape index (κ3) is 5.69. The maximum absolute atomic E-state index is 12.4. The molecule has 0 fully saturated rings. The average Bonchev–Trinajstić information content (AvgIpc) is 3.14. The molecule has 0 saturated heterocycles. The molecule has 0 aliphatic heterocycles. The molecule has 1 aromatic carbocycles. The number of fused-ring (bicyclic) bond motifs is 1. The minimum Gasteiger partial charge on any atom is -0.481 e. The maximum atomic E-state index is 12.4. The van der Waals surface area contributed by atoms with Crippen molar-refractivity contribution in [2.24, 2.45) is 0 Å². The van der Waals surface area contributed by atoms with E-state index in [4.69, 9.17) is 14.2 Å². The van der Waals surface area contributed by atoms with Crippen molar-refractivity contribution in [3.05, 3.63) is 45.8 Å². The van der Waals surface area contributed by atoms with Crippen LogP contribution in [0.25, 0.3) is 0 Å². The van der Waals surface area contributed by atoms with Crippen molar-refractivity contribution < 1.29 is 33.4 Å².